The molecule has 4 aromatic rings. The number of amides is 3. The zero-order valence-electron chi connectivity index (χ0n) is 17.0. The van der Waals surface area contributed by atoms with E-state index in [0.717, 1.165) is 16.6 Å². The molecule has 0 saturated carbocycles. The zero-order chi connectivity index (χ0) is 22.8. The predicted molar refractivity (Wildman–Crippen MR) is 122 cm³/mol. The number of hydrogen-bond donors (Lipinski definition) is 3. The van der Waals surface area contributed by atoms with Crippen LogP contribution in [0, 0.1) is 5.82 Å². The molecule has 9 heteroatoms. The molecule has 0 saturated heterocycles. The summed E-state index contributed by atoms with van der Waals surface area (Å²) >= 11 is 5.75. The van der Waals surface area contributed by atoms with Gasteiger partial charge in [0.2, 0.25) is 5.91 Å². The predicted octanol–water partition coefficient (Wildman–Crippen LogP) is 4.45. The quantitative estimate of drug-likeness (QED) is 0.417. The van der Waals surface area contributed by atoms with E-state index < -0.39 is 17.8 Å². The molecule has 1 heterocycles. The fourth-order valence-electron chi connectivity index (χ4n) is 3.54. The molecule has 32 heavy (non-hydrogen) atoms. The maximum absolute atomic E-state index is 13.3. The molecule has 0 aliphatic rings. The number of nitrogens with zero attached hydrogens (tertiary/aromatic N) is 2. The lowest BCUT2D eigenvalue weighted by molar-refractivity contribution is 0.100. The number of rotatable bonds is 5. The Morgan fingerprint density at radius 1 is 1.12 bits per heavy atom. The molecule has 0 aliphatic heterocycles. The Kier molecular flexibility index (Phi) is 5.79. The number of nitrogens with one attached hydrogen (secondary N) is 2. The van der Waals surface area contributed by atoms with E-state index in [1.54, 1.807) is 23.9 Å². The summed E-state index contributed by atoms with van der Waals surface area (Å²) in [7, 11) is 1.79. The van der Waals surface area contributed by atoms with Crippen LogP contribution in [0.2, 0.25) is 5.02 Å². The van der Waals surface area contributed by atoms with Gasteiger partial charge in [-0.05, 0) is 35.9 Å². The van der Waals surface area contributed by atoms with Crippen molar-refractivity contribution in [2.24, 2.45) is 12.8 Å². The van der Waals surface area contributed by atoms with Crippen LogP contribution in [0.15, 0.2) is 60.7 Å². The van der Waals surface area contributed by atoms with Gasteiger partial charge in [-0.3, -0.25) is 9.48 Å². The van der Waals surface area contributed by atoms with Crippen molar-refractivity contribution in [1.82, 2.24) is 15.1 Å². The van der Waals surface area contributed by atoms with Gasteiger partial charge in [0.1, 0.15) is 11.5 Å². The van der Waals surface area contributed by atoms with Gasteiger partial charge in [-0.1, -0.05) is 41.9 Å². The van der Waals surface area contributed by atoms with Crippen molar-refractivity contribution in [2.45, 2.75) is 6.54 Å². The first-order valence-electron chi connectivity index (χ1n) is 9.69. The minimum absolute atomic E-state index is 0.0829. The number of hydrogen-bond acceptors (Lipinski definition) is 3. The molecule has 0 spiro atoms. The van der Waals surface area contributed by atoms with Crippen LogP contribution in [-0.4, -0.2) is 21.7 Å². The molecule has 3 aromatic carbocycles. The third-order valence-electron chi connectivity index (χ3n) is 5.03. The third-order valence-corrected chi connectivity index (χ3v) is 5.32. The highest BCUT2D eigenvalue weighted by Crippen LogP contribution is 2.32. The fourth-order valence-corrected chi connectivity index (χ4v) is 3.72. The van der Waals surface area contributed by atoms with Gasteiger partial charge in [0.25, 0.3) is 0 Å². The van der Waals surface area contributed by atoms with E-state index in [-0.39, 0.29) is 11.6 Å². The normalized spacial score (nSPS) is 10.8. The van der Waals surface area contributed by atoms with Crippen molar-refractivity contribution < 1.29 is 14.0 Å². The van der Waals surface area contributed by atoms with Crippen molar-refractivity contribution >= 4 is 40.1 Å². The van der Waals surface area contributed by atoms with Crippen LogP contribution in [0.5, 0.6) is 0 Å². The van der Waals surface area contributed by atoms with Crippen molar-refractivity contribution in [2.75, 3.05) is 5.32 Å². The smallest absolute Gasteiger partial charge is 0.319 e. The molecule has 4 rings (SSSR count). The molecule has 0 unspecified atom stereocenters. The molecule has 4 N–H and O–H groups in total. The van der Waals surface area contributed by atoms with Crippen molar-refractivity contribution in [3.63, 3.8) is 0 Å². The van der Waals surface area contributed by atoms with Gasteiger partial charge in [0.15, 0.2) is 0 Å². The first-order chi connectivity index (χ1) is 15.3. The zero-order valence-corrected chi connectivity index (χ0v) is 17.8. The Hall–Kier alpha value is -3.91. The lowest BCUT2D eigenvalue weighted by Crippen LogP contribution is -2.28. The number of carbonyl (C=O) groups is 2. The molecule has 0 radical (unpaired) electrons. The SMILES string of the molecule is Cn1nc(-c2ccccc2CNC(=O)Nc2ccc(F)c(Cl)c2)c2c(C(N)=O)cccc21. The number of urea groups is 1. The number of aryl methyl sites for hydroxylation is 1. The average molecular weight is 452 g/mol. The maximum Gasteiger partial charge on any atom is 0.319 e. The number of fused-ring (bicyclic) bond motifs is 1. The van der Waals surface area contributed by atoms with Gasteiger partial charge in [0, 0.05) is 30.2 Å². The second-order valence-electron chi connectivity index (χ2n) is 7.13. The molecule has 1 aromatic heterocycles. The van der Waals surface area contributed by atoms with E-state index in [2.05, 4.69) is 15.7 Å². The minimum atomic E-state index is -0.565. The topological polar surface area (TPSA) is 102 Å². The molecular formula is C23H19ClFN5O2. The highest BCUT2D eigenvalue weighted by Gasteiger charge is 2.19. The summed E-state index contributed by atoms with van der Waals surface area (Å²) in [6.07, 6.45) is 0. The molecule has 162 valence electrons. The Labute approximate surface area is 188 Å². The largest absolute Gasteiger partial charge is 0.366 e. The number of aromatic nitrogens is 2. The van der Waals surface area contributed by atoms with Gasteiger partial charge >= 0.3 is 6.03 Å². The summed E-state index contributed by atoms with van der Waals surface area (Å²) in [5.41, 5.74) is 9.25. The lowest BCUT2D eigenvalue weighted by atomic mass is 9.99. The second-order valence-corrected chi connectivity index (χ2v) is 7.54. The van der Waals surface area contributed by atoms with Crippen molar-refractivity contribution in [3.8, 4) is 11.3 Å². The van der Waals surface area contributed by atoms with E-state index in [1.165, 1.54) is 18.2 Å². The number of primary amides is 1. The molecule has 0 fully saturated rings. The number of nitrogens with two attached hydrogens (primary N) is 1. The highest BCUT2D eigenvalue weighted by molar-refractivity contribution is 6.31. The van der Waals surface area contributed by atoms with Crippen molar-refractivity contribution in [1.29, 1.82) is 0 Å². The molecule has 3 amide bonds. The summed E-state index contributed by atoms with van der Waals surface area (Å²) in [4.78, 5) is 24.4. The van der Waals surface area contributed by atoms with Crippen LogP contribution in [0.25, 0.3) is 22.2 Å². The van der Waals surface area contributed by atoms with Gasteiger partial charge in [-0.25, -0.2) is 9.18 Å². The van der Waals surface area contributed by atoms with Crippen molar-refractivity contribution in [3.05, 3.63) is 82.6 Å². The third kappa shape index (κ3) is 4.13. The second kappa shape index (κ2) is 8.68. The van der Waals surface area contributed by atoms with Crippen LogP contribution in [0.3, 0.4) is 0 Å². The van der Waals surface area contributed by atoms with Gasteiger partial charge in [-0.15, -0.1) is 0 Å². The fraction of sp³-hybridized carbons (Fsp3) is 0.0870. The maximum atomic E-state index is 13.3. The summed E-state index contributed by atoms with van der Waals surface area (Å²) < 4.78 is 15.0. The molecule has 0 atom stereocenters. The van der Waals surface area contributed by atoms with Gasteiger partial charge in [-0.2, -0.15) is 5.10 Å². The Balaban J connectivity index is 1.62. The summed E-state index contributed by atoms with van der Waals surface area (Å²) in [5.74, 6) is -1.11. The number of anilines is 1. The summed E-state index contributed by atoms with van der Waals surface area (Å²) in [5, 5.41) is 10.6. The van der Waals surface area contributed by atoms with Gasteiger partial charge < -0.3 is 16.4 Å². The Morgan fingerprint density at radius 2 is 1.91 bits per heavy atom. The van der Waals surface area contributed by atoms with Crippen LogP contribution in [0.4, 0.5) is 14.9 Å². The van der Waals surface area contributed by atoms with E-state index in [1.807, 2.05) is 30.3 Å². The molecule has 0 aliphatic carbocycles. The highest BCUT2D eigenvalue weighted by atomic mass is 35.5. The number of halogens is 2. The Morgan fingerprint density at radius 3 is 2.66 bits per heavy atom. The minimum Gasteiger partial charge on any atom is -0.366 e. The molecular weight excluding hydrogens is 433 g/mol. The summed E-state index contributed by atoms with van der Waals surface area (Å²) in [6.45, 7) is 0.188. The van der Waals surface area contributed by atoms with Crippen LogP contribution in [-0.2, 0) is 13.6 Å². The number of carbonyl (C=O) groups excluding carboxylic acids is 2. The summed E-state index contributed by atoms with van der Waals surface area (Å²) in [6, 6.07) is 16.2. The number of benzene rings is 3. The molecule has 7 nitrogen and oxygen atoms in total. The van der Waals surface area contributed by atoms with Gasteiger partial charge in [0.05, 0.1) is 16.1 Å². The molecule has 0 bridgehead atoms. The van der Waals surface area contributed by atoms with E-state index in [0.29, 0.717) is 22.3 Å². The first kappa shape index (κ1) is 21.3. The van der Waals surface area contributed by atoms with E-state index >= 15 is 0 Å². The van der Waals surface area contributed by atoms with E-state index in [4.69, 9.17) is 17.3 Å². The van der Waals surface area contributed by atoms with Crippen LogP contribution in [0.1, 0.15) is 15.9 Å². The lowest BCUT2D eigenvalue weighted by Gasteiger charge is -2.11. The average Bonchev–Trinajstić information content (AvgIpc) is 3.11. The monoisotopic (exact) mass is 451 g/mol. The standard InChI is InChI=1S/C23H19ClFN5O2/c1-30-19-8-4-7-16(22(26)31)20(19)21(29-30)15-6-3-2-5-13(15)12-27-23(32)28-14-9-10-18(25)17(24)11-14/h2-11H,12H2,1H3,(H2,26,31)(H2,27,28,32). The van der Waals surface area contributed by atoms with Crippen LogP contribution >= 0.6 is 11.6 Å². The Bertz CT molecular complexity index is 1350. The first-order valence-corrected chi connectivity index (χ1v) is 10.1. The van der Waals surface area contributed by atoms with E-state index in [9.17, 15) is 14.0 Å². The van der Waals surface area contributed by atoms with Crippen LogP contribution < -0.4 is 16.4 Å².